The molecule has 3 aromatic rings. The Balaban J connectivity index is 1.63. The number of methoxy groups -OCH3 is 1. The number of carbonyl (C=O) groups is 1. The van der Waals surface area contributed by atoms with Crippen molar-refractivity contribution < 1.29 is 19.0 Å². The minimum absolute atomic E-state index is 0.199. The number of hydrogen-bond donors (Lipinski definition) is 1. The van der Waals surface area contributed by atoms with E-state index < -0.39 is 5.41 Å². The normalized spacial score (nSPS) is 12.0. The van der Waals surface area contributed by atoms with Crippen molar-refractivity contribution >= 4 is 17.6 Å². The average molecular weight is 486 g/mol. The molecule has 0 bridgehead atoms. The molecular weight excluding hydrogens is 454 g/mol. The van der Waals surface area contributed by atoms with Crippen LogP contribution in [0.5, 0.6) is 5.75 Å². The molecule has 0 atom stereocenters. The first-order valence-corrected chi connectivity index (χ1v) is 11.5. The number of halogens is 1. The first-order chi connectivity index (χ1) is 16.0. The summed E-state index contributed by atoms with van der Waals surface area (Å²) in [6, 6.07) is 11.5. The summed E-state index contributed by atoms with van der Waals surface area (Å²) in [5.41, 5.74) is 2.47. The van der Waals surface area contributed by atoms with Crippen LogP contribution in [0.1, 0.15) is 40.3 Å². The molecule has 0 fully saturated rings. The third kappa shape index (κ3) is 6.81. The molecule has 7 nitrogen and oxygen atoms in total. The van der Waals surface area contributed by atoms with E-state index in [1.54, 1.807) is 20.0 Å². The van der Waals surface area contributed by atoms with E-state index in [1.165, 1.54) is 7.11 Å². The van der Waals surface area contributed by atoms with Crippen LogP contribution in [0, 0.1) is 5.41 Å². The molecule has 8 heteroatoms. The Morgan fingerprint density at radius 3 is 2.29 bits per heavy atom. The average Bonchev–Trinajstić information content (AvgIpc) is 3.17. The molecule has 182 valence electrons. The number of esters is 1. The molecule has 0 saturated heterocycles. The molecule has 0 saturated carbocycles. The summed E-state index contributed by atoms with van der Waals surface area (Å²) < 4.78 is 16.3. The second-order valence-electron chi connectivity index (χ2n) is 9.68. The van der Waals surface area contributed by atoms with E-state index in [4.69, 9.17) is 25.8 Å². The predicted octanol–water partition coefficient (Wildman–Crippen LogP) is 5.73. The highest BCUT2D eigenvalue weighted by molar-refractivity contribution is 6.30. The van der Waals surface area contributed by atoms with Gasteiger partial charge >= 0.3 is 5.97 Å². The van der Waals surface area contributed by atoms with Crippen LogP contribution in [0.3, 0.4) is 0 Å². The highest BCUT2D eigenvalue weighted by atomic mass is 35.5. The number of aromatic nitrogens is 3. The first-order valence-electron chi connectivity index (χ1n) is 11.1. The zero-order valence-corrected chi connectivity index (χ0v) is 21.3. The molecular formula is C26H32ClN3O4. The van der Waals surface area contributed by atoms with Crippen LogP contribution < -0.4 is 4.74 Å². The van der Waals surface area contributed by atoms with Crippen molar-refractivity contribution in [3.8, 4) is 28.4 Å². The molecule has 34 heavy (non-hydrogen) atoms. The van der Waals surface area contributed by atoms with E-state index in [1.807, 2.05) is 57.2 Å². The van der Waals surface area contributed by atoms with Gasteiger partial charge in [0.15, 0.2) is 0 Å². The fraction of sp³-hybridized carbons (Fsp3) is 0.423. The molecule has 2 aromatic heterocycles. The number of imidazole rings is 1. The van der Waals surface area contributed by atoms with E-state index >= 15 is 0 Å². The predicted molar refractivity (Wildman–Crippen MR) is 133 cm³/mol. The Labute approximate surface area is 205 Å². The van der Waals surface area contributed by atoms with Crippen molar-refractivity contribution in [3.63, 3.8) is 0 Å². The first kappa shape index (κ1) is 25.7. The number of H-pyrrole nitrogens is 1. The Kier molecular flexibility index (Phi) is 8.00. The SMILES string of the molecule is COC(=O)C(C)(C)COc1ccc(-c2ccc(-c3nc(CCOC(C)(C)C)c(Cl)[nH]3)cn2)cc1. The fourth-order valence-corrected chi connectivity index (χ4v) is 3.40. The molecule has 0 radical (unpaired) electrons. The molecule has 2 heterocycles. The fourth-order valence-electron chi connectivity index (χ4n) is 3.17. The van der Waals surface area contributed by atoms with E-state index in [0.29, 0.717) is 29.8 Å². The largest absolute Gasteiger partial charge is 0.492 e. The van der Waals surface area contributed by atoms with Crippen molar-refractivity contribution in [1.82, 2.24) is 15.0 Å². The van der Waals surface area contributed by atoms with E-state index in [0.717, 1.165) is 22.5 Å². The van der Waals surface area contributed by atoms with Gasteiger partial charge in [0.05, 0.1) is 36.1 Å². The molecule has 1 aromatic carbocycles. The maximum absolute atomic E-state index is 11.8. The minimum atomic E-state index is -0.723. The van der Waals surface area contributed by atoms with Gasteiger partial charge in [-0.3, -0.25) is 9.78 Å². The molecule has 0 aliphatic rings. The van der Waals surface area contributed by atoms with E-state index in [2.05, 4.69) is 15.0 Å². The Bertz CT molecular complexity index is 1100. The molecule has 0 spiro atoms. The topological polar surface area (TPSA) is 86.3 Å². The van der Waals surface area contributed by atoms with Gasteiger partial charge in [-0.2, -0.15) is 0 Å². The van der Waals surface area contributed by atoms with Gasteiger partial charge in [0.25, 0.3) is 0 Å². The standard InChI is InChI=1S/C26H32ClN3O4/c1-25(2,3)34-14-13-21-22(27)30-23(29-21)18-9-12-20(28-15-18)17-7-10-19(11-8-17)33-16-26(4,5)24(31)32-6/h7-12,15H,13-14,16H2,1-6H3,(H,29,30). The number of aromatic amines is 1. The van der Waals surface area contributed by atoms with Gasteiger partial charge in [-0.25, -0.2) is 4.98 Å². The Morgan fingerprint density at radius 2 is 1.71 bits per heavy atom. The number of nitrogens with one attached hydrogen (secondary N) is 1. The summed E-state index contributed by atoms with van der Waals surface area (Å²) in [7, 11) is 1.37. The second-order valence-corrected chi connectivity index (χ2v) is 10.1. The van der Waals surface area contributed by atoms with Gasteiger partial charge in [0.2, 0.25) is 0 Å². The molecule has 0 unspecified atom stereocenters. The van der Waals surface area contributed by atoms with Crippen LogP contribution in [0.2, 0.25) is 5.15 Å². The number of ether oxygens (including phenoxy) is 3. The summed E-state index contributed by atoms with van der Waals surface area (Å²) in [6.07, 6.45) is 2.40. The maximum atomic E-state index is 11.8. The van der Waals surface area contributed by atoms with Gasteiger partial charge in [0.1, 0.15) is 23.3 Å². The van der Waals surface area contributed by atoms with E-state index in [-0.39, 0.29) is 18.2 Å². The summed E-state index contributed by atoms with van der Waals surface area (Å²) in [6.45, 7) is 10.4. The zero-order chi connectivity index (χ0) is 24.9. The van der Waals surface area contributed by atoms with Crippen LogP contribution in [0.4, 0.5) is 0 Å². The lowest BCUT2D eigenvalue weighted by Crippen LogP contribution is -2.32. The molecule has 3 rings (SSSR count). The van der Waals surface area contributed by atoms with Crippen molar-refractivity contribution in [3.05, 3.63) is 53.4 Å². The summed E-state index contributed by atoms with van der Waals surface area (Å²) in [5, 5.41) is 0.516. The lowest BCUT2D eigenvalue weighted by molar-refractivity contribution is -0.152. The highest BCUT2D eigenvalue weighted by Crippen LogP contribution is 2.26. The van der Waals surface area contributed by atoms with Crippen LogP contribution in [-0.4, -0.2) is 46.8 Å². The summed E-state index contributed by atoms with van der Waals surface area (Å²) in [5.74, 6) is 1.04. The van der Waals surface area contributed by atoms with Gasteiger partial charge in [-0.15, -0.1) is 0 Å². The molecule has 1 N–H and O–H groups in total. The van der Waals surface area contributed by atoms with Crippen LogP contribution >= 0.6 is 11.6 Å². The number of carbonyl (C=O) groups excluding carboxylic acids is 1. The molecule has 0 amide bonds. The Morgan fingerprint density at radius 1 is 1.03 bits per heavy atom. The second kappa shape index (κ2) is 10.6. The lowest BCUT2D eigenvalue weighted by atomic mass is 9.95. The van der Waals surface area contributed by atoms with Crippen molar-refractivity contribution in [2.24, 2.45) is 5.41 Å². The number of benzene rings is 1. The van der Waals surface area contributed by atoms with Crippen LogP contribution in [0.25, 0.3) is 22.6 Å². The van der Waals surface area contributed by atoms with Crippen LogP contribution in [-0.2, 0) is 20.7 Å². The van der Waals surface area contributed by atoms with Crippen molar-refractivity contribution in [2.45, 2.75) is 46.6 Å². The van der Waals surface area contributed by atoms with Crippen LogP contribution in [0.15, 0.2) is 42.6 Å². The van der Waals surface area contributed by atoms with Crippen molar-refractivity contribution in [1.29, 1.82) is 0 Å². The summed E-state index contributed by atoms with van der Waals surface area (Å²) in [4.78, 5) is 24.1. The smallest absolute Gasteiger partial charge is 0.314 e. The lowest BCUT2D eigenvalue weighted by Gasteiger charge is -2.21. The third-order valence-electron chi connectivity index (χ3n) is 5.13. The number of pyridine rings is 1. The number of hydrogen-bond acceptors (Lipinski definition) is 6. The quantitative estimate of drug-likeness (QED) is 0.389. The minimum Gasteiger partial charge on any atom is -0.492 e. The van der Waals surface area contributed by atoms with Gasteiger partial charge in [-0.1, -0.05) is 11.6 Å². The summed E-state index contributed by atoms with van der Waals surface area (Å²) >= 11 is 6.33. The van der Waals surface area contributed by atoms with E-state index in [9.17, 15) is 4.79 Å². The molecule has 0 aliphatic heterocycles. The van der Waals surface area contributed by atoms with Gasteiger partial charge in [-0.05, 0) is 71.0 Å². The maximum Gasteiger partial charge on any atom is 0.314 e. The monoisotopic (exact) mass is 485 g/mol. The van der Waals surface area contributed by atoms with Crippen molar-refractivity contribution in [2.75, 3.05) is 20.3 Å². The van der Waals surface area contributed by atoms with Gasteiger partial charge in [0, 0.05) is 23.7 Å². The number of nitrogens with zero attached hydrogens (tertiary/aromatic N) is 2. The third-order valence-corrected chi connectivity index (χ3v) is 5.44. The van der Waals surface area contributed by atoms with Gasteiger partial charge < -0.3 is 19.2 Å². The number of rotatable bonds is 9. The zero-order valence-electron chi connectivity index (χ0n) is 20.6. The highest BCUT2D eigenvalue weighted by Gasteiger charge is 2.29. The Hall–Kier alpha value is -2.90. The molecule has 0 aliphatic carbocycles.